The van der Waals surface area contributed by atoms with E-state index in [1.165, 1.54) is 55.0 Å². The zero-order valence-corrected chi connectivity index (χ0v) is 10.6. The number of thioether (sulfide) groups is 1. The van der Waals surface area contributed by atoms with Gasteiger partial charge in [0.05, 0.1) is 5.03 Å². The van der Waals surface area contributed by atoms with E-state index in [1.54, 1.807) is 0 Å². The smallest absolute Gasteiger partial charge is 0.0750 e. The quantitative estimate of drug-likeness (QED) is 0.875. The molecule has 0 atom stereocenters. The van der Waals surface area contributed by atoms with Crippen molar-refractivity contribution in [3.05, 3.63) is 17.8 Å². The summed E-state index contributed by atoms with van der Waals surface area (Å²) in [6.07, 6.45) is 9.82. The van der Waals surface area contributed by atoms with E-state index >= 15 is 0 Å². The molecule has 0 amide bonds. The Balaban J connectivity index is 1.66. The van der Waals surface area contributed by atoms with Gasteiger partial charge in [-0.3, -0.25) is 0 Å². The lowest BCUT2D eigenvalue weighted by molar-refractivity contribution is 0.600. The molecule has 88 valence electrons. The fraction of sp³-hybridized carbons (Fsp3) is 0.692. The lowest BCUT2D eigenvalue weighted by atomic mass is 10.1. The maximum atomic E-state index is 6.13. The number of hydrogen-bond donors (Lipinski definition) is 1. The number of aryl methyl sites for hydroxylation is 2. The van der Waals surface area contributed by atoms with Crippen LogP contribution in [-0.2, 0) is 13.0 Å². The number of nitrogens with zero attached hydrogens (tertiary/aromatic N) is 1. The van der Waals surface area contributed by atoms with Crippen molar-refractivity contribution >= 4 is 11.8 Å². The van der Waals surface area contributed by atoms with E-state index in [0.717, 1.165) is 6.42 Å². The van der Waals surface area contributed by atoms with Gasteiger partial charge in [-0.15, -0.1) is 11.8 Å². The van der Waals surface area contributed by atoms with Crippen molar-refractivity contribution in [2.75, 3.05) is 5.75 Å². The molecule has 0 radical (unpaired) electrons. The minimum Gasteiger partial charge on any atom is -0.343 e. The highest BCUT2D eigenvalue weighted by atomic mass is 32.2. The number of fused-ring (bicyclic) bond motifs is 1. The van der Waals surface area contributed by atoms with E-state index in [9.17, 15) is 0 Å². The van der Waals surface area contributed by atoms with Crippen molar-refractivity contribution in [1.29, 1.82) is 0 Å². The van der Waals surface area contributed by atoms with Crippen LogP contribution in [0.2, 0.25) is 0 Å². The average molecular weight is 236 g/mol. The Labute approximate surface area is 102 Å². The lowest BCUT2D eigenvalue weighted by Gasteiger charge is -2.06. The molecular formula is C13H20N2S. The summed E-state index contributed by atoms with van der Waals surface area (Å²) < 4.78 is 2.43. The molecule has 2 heterocycles. The maximum absolute atomic E-state index is 6.13. The first-order chi connectivity index (χ1) is 7.75. The number of hydrogen-bond acceptors (Lipinski definition) is 2. The molecular weight excluding hydrogens is 216 g/mol. The SMILES string of the molecule is NC1(CCc2cc3n(c2)CCCCS3)CC1. The van der Waals surface area contributed by atoms with Gasteiger partial charge in [0, 0.05) is 18.3 Å². The third-order valence-corrected chi connectivity index (χ3v) is 4.90. The molecule has 2 N–H and O–H groups in total. The molecule has 1 aliphatic heterocycles. The highest BCUT2D eigenvalue weighted by Gasteiger charge is 2.37. The first-order valence-electron chi connectivity index (χ1n) is 6.36. The molecule has 0 aromatic carbocycles. The van der Waals surface area contributed by atoms with Gasteiger partial charge in [-0.05, 0) is 55.9 Å². The van der Waals surface area contributed by atoms with Crippen molar-refractivity contribution in [3.63, 3.8) is 0 Å². The van der Waals surface area contributed by atoms with Gasteiger partial charge in [-0.2, -0.15) is 0 Å². The molecule has 3 heteroatoms. The van der Waals surface area contributed by atoms with Crippen LogP contribution >= 0.6 is 11.8 Å². The van der Waals surface area contributed by atoms with Crippen LogP contribution in [0.3, 0.4) is 0 Å². The van der Waals surface area contributed by atoms with Crippen molar-refractivity contribution in [3.8, 4) is 0 Å². The summed E-state index contributed by atoms with van der Waals surface area (Å²) in [6, 6.07) is 2.38. The second-order valence-corrected chi connectivity index (χ2v) is 6.41. The molecule has 0 spiro atoms. The summed E-state index contributed by atoms with van der Waals surface area (Å²) >= 11 is 2.01. The van der Waals surface area contributed by atoms with Crippen LogP contribution in [-0.4, -0.2) is 15.9 Å². The Morgan fingerprint density at radius 3 is 3.06 bits per heavy atom. The summed E-state index contributed by atoms with van der Waals surface area (Å²) in [5, 5.41) is 1.47. The molecule has 3 rings (SSSR count). The zero-order valence-electron chi connectivity index (χ0n) is 9.74. The van der Waals surface area contributed by atoms with E-state index in [2.05, 4.69) is 16.8 Å². The molecule has 1 aliphatic carbocycles. The average Bonchev–Trinajstić information content (AvgIpc) is 2.95. The Bertz CT molecular complexity index is 356. The molecule has 1 fully saturated rings. The van der Waals surface area contributed by atoms with Gasteiger partial charge in [-0.1, -0.05) is 0 Å². The number of nitrogens with two attached hydrogens (primary N) is 1. The first-order valence-corrected chi connectivity index (χ1v) is 7.35. The van der Waals surface area contributed by atoms with Crippen LogP contribution in [0.4, 0.5) is 0 Å². The van der Waals surface area contributed by atoms with Gasteiger partial charge < -0.3 is 10.3 Å². The molecule has 0 bridgehead atoms. The molecule has 1 aromatic rings. The standard InChI is InChI=1S/C13H20N2S/c14-13(5-6-13)4-3-11-9-12-15(10-11)7-1-2-8-16-12/h9-10H,1-8,14H2. The van der Waals surface area contributed by atoms with Gasteiger partial charge >= 0.3 is 0 Å². The molecule has 16 heavy (non-hydrogen) atoms. The Kier molecular flexibility index (Phi) is 2.76. The Morgan fingerprint density at radius 2 is 2.25 bits per heavy atom. The fourth-order valence-corrected chi connectivity index (χ4v) is 3.45. The minimum absolute atomic E-state index is 0.201. The second kappa shape index (κ2) is 4.11. The third-order valence-electron chi connectivity index (χ3n) is 3.76. The van der Waals surface area contributed by atoms with Crippen molar-refractivity contribution < 1.29 is 0 Å². The van der Waals surface area contributed by atoms with Crippen LogP contribution in [0.5, 0.6) is 0 Å². The molecule has 0 saturated heterocycles. The molecule has 2 aliphatic rings. The monoisotopic (exact) mass is 236 g/mol. The molecule has 0 unspecified atom stereocenters. The topological polar surface area (TPSA) is 30.9 Å². The van der Waals surface area contributed by atoms with E-state index < -0.39 is 0 Å². The predicted octanol–water partition coefficient (Wildman–Crippen LogP) is 2.80. The molecule has 1 aromatic heterocycles. The van der Waals surface area contributed by atoms with Crippen molar-refractivity contribution in [2.45, 2.75) is 55.6 Å². The second-order valence-electron chi connectivity index (χ2n) is 5.30. The highest BCUT2D eigenvalue weighted by molar-refractivity contribution is 7.99. The van der Waals surface area contributed by atoms with E-state index in [1.807, 2.05) is 11.8 Å². The fourth-order valence-electron chi connectivity index (χ4n) is 2.34. The largest absolute Gasteiger partial charge is 0.343 e. The highest BCUT2D eigenvalue weighted by Crippen LogP contribution is 2.37. The summed E-state index contributed by atoms with van der Waals surface area (Å²) in [4.78, 5) is 0. The Morgan fingerprint density at radius 1 is 1.38 bits per heavy atom. The summed E-state index contributed by atoms with van der Waals surface area (Å²) in [5.41, 5.74) is 7.82. The van der Waals surface area contributed by atoms with Gasteiger partial charge in [0.1, 0.15) is 0 Å². The van der Waals surface area contributed by atoms with E-state index in [0.29, 0.717) is 0 Å². The number of aromatic nitrogens is 1. The predicted molar refractivity (Wildman–Crippen MR) is 68.9 cm³/mol. The van der Waals surface area contributed by atoms with Crippen LogP contribution in [0, 0.1) is 0 Å². The van der Waals surface area contributed by atoms with Gasteiger partial charge in [0.2, 0.25) is 0 Å². The zero-order chi connectivity index (χ0) is 11.0. The third kappa shape index (κ3) is 2.30. The minimum atomic E-state index is 0.201. The van der Waals surface area contributed by atoms with Crippen LogP contribution in [0.25, 0.3) is 0 Å². The number of rotatable bonds is 3. The summed E-state index contributed by atoms with van der Waals surface area (Å²) in [5.74, 6) is 1.28. The van der Waals surface area contributed by atoms with Gasteiger partial charge in [0.25, 0.3) is 0 Å². The lowest BCUT2D eigenvalue weighted by Crippen LogP contribution is -2.21. The summed E-state index contributed by atoms with van der Waals surface area (Å²) in [7, 11) is 0. The Hall–Kier alpha value is -0.410. The van der Waals surface area contributed by atoms with Crippen LogP contribution in [0.15, 0.2) is 17.3 Å². The van der Waals surface area contributed by atoms with Gasteiger partial charge in [-0.25, -0.2) is 0 Å². The van der Waals surface area contributed by atoms with Gasteiger partial charge in [0.15, 0.2) is 0 Å². The van der Waals surface area contributed by atoms with E-state index in [-0.39, 0.29) is 5.54 Å². The normalized spacial score (nSPS) is 22.6. The van der Waals surface area contributed by atoms with Crippen LogP contribution < -0.4 is 5.73 Å². The van der Waals surface area contributed by atoms with Crippen LogP contribution in [0.1, 0.15) is 37.7 Å². The van der Waals surface area contributed by atoms with Crippen molar-refractivity contribution in [2.24, 2.45) is 5.73 Å². The van der Waals surface area contributed by atoms with E-state index in [4.69, 9.17) is 5.73 Å². The maximum Gasteiger partial charge on any atom is 0.0750 e. The molecule has 2 nitrogen and oxygen atoms in total. The molecule has 1 saturated carbocycles. The summed E-state index contributed by atoms with van der Waals surface area (Å²) in [6.45, 7) is 1.20. The first kappa shape index (κ1) is 10.7. The van der Waals surface area contributed by atoms with Crippen molar-refractivity contribution in [1.82, 2.24) is 4.57 Å².